The van der Waals surface area contributed by atoms with Crippen molar-refractivity contribution in [3.05, 3.63) is 0 Å². The van der Waals surface area contributed by atoms with Crippen molar-refractivity contribution >= 4 is 11.9 Å². The molecule has 5 nitrogen and oxygen atoms in total. The summed E-state index contributed by atoms with van der Waals surface area (Å²) in [6.07, 6.45) is 3.98. The molecule has 1 aliphatic rings. The zero-order chi connectivity index (χ0) is 16.6. The first-order valence-corrected chi connectivity index (χ1v) is 8.48. The van der Waals surface area contributed by atoms with Crippen LogP contribution in [0.4, 0.5) is 0 Å². The minimum Gasteiger partial charge on any atom is -0.469 e. The third-order valence-electron chi connectivity index (χ3n) is 4.01. The van der Waals surface area contributed by atoms with E-state index in [1.54, 1.807) is 0 Å². The molecule has 0 aromatic heterocycles. The average Bonchev–Trinajstić information content (AvgIpc) is 2.49. The number of hydrogen-bond acceptors (Lipinski definition) is 3. The van der Waals surface area contributed by atoms with Crippen LogP contribution >= 0.6 is 0 Å². The largest absolute Gasteiger partial charge is 0.469 e. The van der Waals surface area contributed by atoms with E-state index in [1.165, 1.54) is 13.5 Å². The Kier molecular flexibility index (Phi) is 7.69. The van der Waals surface area contributed by atoms with Crippen LogP contribution in [0, 0.1) is 11.3 Å². The number of esters is 1. The van der Waals surface area contributed by atoms with Crippen LogP contribution < -0.4 is 5.32 Å². The highest BCUT2D eigenvalue weighted by Gasteiger charge is 2.26. The van der Waals surface area contributed by atoms with Crippen molar-refractivity contribution in [2.45, 2.75) is 53.4 Å². The molecule has 1 saturated heterocycles. The topological polar surface area (TPSA) is 53.9 Å². The maximum Gasteiger partial charge on any atom is 0.308 e. The number of methoxy groups -OCH3 is 1. The molecule has 0 aliphatic carbocycles. The van der Waals surface area contributed by atoms with E-state index in [0.717, 1.165) is 51.4 Å². The molecule has 1 aliphatic heterocycles. The summed E-state index contributed by atoms with van der Waals surface area (Å²) in [7, 11) is 1.47. The maximum atomic E-state index is 11.6. The number of nitrogens with zero attached hydrogens (tertiary/aromatic N) is 2. The van der Waals surface area contributed by atoms with Crippen molar-refractivity contribution in [1.82, 2.24) is 10.2 Å². The standard InChI is InChI=1S/C17H33N3O2/c1-6-18-16(19-11-7-10-17(2,3)4)20-12-8-14(9-13-20)15(21)22-5/h14H,6-13H2,1-5H3,(H,18,19). The number of hydrogen-bond donors (Lipinski definition) is 1. The van der Waals surface area contributed by atoms with E-state index >= 15 is 0 Å². The Morgan fingerprint density at radius 1 is 1.32 bits per heavy atom. The molecule has 5 heteroatoms. The third-order valence-corrected chi connectivity index (χ3v) is 4.01. The normalized spacial score (nSPS) is 17.5. The van der Waals surface area contributed by atoms with Gasteiger partial charge in [-0.2, -0.15) is 0 Å². The molecule has 1 N–H and O–H groups in total. The molecule has 0 radical (unpaired) electrons. The summed E-state index contributed by atoms with van der Waals surface area (Å²) >= 11 is 0. The van der Waals surface area contributed by atoms with E-state index in [9.17, 15) is 4.79 Å². The van der Waals surface area contributed by atoms with Crippen molar-refractivity contribution in [2.24, 2.45) is 16.3 Å². The number of likely N-dealkylation sites (tertiary alicyclic amines) is 1. The van der Waals surface area contributed by atoms with Gasteiger partial charge in [-0.15, -0.1) is 0 Å². The van der Waals surface area contributed by atoms with Crippen LogP contribution in [0.2, 0.25) is 0 Å². The second kappa shape index (κ2) is 9.01. The SMILES string of the molecule is CCNC(=NCCCC(C)(C)C)N1CCC(C(=O)OC)CC1. The first kappa shape index (κ1) is 18.8. The van der Waals surface area contributed by atoms with Gasteiger partial charge in [0.05, 0.1) is 13.0 Å². The summed E-state index contributed by atoms with van der Waals surface area (Å²) < 4.78 is 4.84. The summed E-state index contributed by atoms with van der Waals surface area (Å²) in [5, 5.41) is 3.37. The molecule has 0 unspecified atom stereocenters. The Morgan fingerprint density at radius 2 is 1.95 bits per heavy atom. The van der Waals surface area contributed by atoms with Gasteiger partial charge in [0.1, 0.15) is 0 Å². The van der Waals surface area contributed by atoms with Crippen molar-refractivity contribution in [3.8, 4) is 0 Å². The summed E-state index contributed by atoms with van der Waals surface area (Å²) in [5.41, 5.74) is 0.368. The monoisotopic (exact) mass is 311 g/mol. The molecule has 128 valence electrons. The van der Waals surface area contributed by atoms with Gasteiger partial charge >= 0.3 is 5.97 Å². The van der Waals surface area contributed by atoms with Gasteiger partial charge in [-0.3, -0.25) is 9.79 Å². The van der Waals surface area contributed by atoms with E-state index in [-0.39, 0.29) is 11.9 Å². The van der Waals surface area contributed by atoms with E-state index in [1.807, 2.05) is 0 Å². The lowest BCUT2D eigenvalue weighted by molar-refractivity contribution is -0.146. The minimum absolute atomic E-state index is 0.0463. The molecule has 0 aromatic rings. The van der Waals surface area contributed by atoms with Crippen LogP contribution in [-0.4, -0.2) is 50.1 Å². The molecule has 0 atom stereocenters. The zero-order valence-corrected chi connectivity index (χ0v) is 14.9. The molecule has 0 amide bonds. The lowest BCUT2D eigenvalue weighted by Gasteiger charge is -2.33. The molecule has 1 rings (SSSR count). The van der Waals surface area contributed by atoms with Gasteiger partial charge in [0, 0.05) is 26.2 Å². The molecule has 1 heterocycles. The molecule has 0 saturated carbocycles. The summed E-state index contributed by atoms with van der Waals surface area (Å²) in [4.78, 5) is 18.6. The van der Waals surface area contributed by atoms with Crippen LogP contribution in [0.5, 0.6) is 0 Å². The van der Waals surface area contributed by atoms with Crippen molar-refractivity contribution in [1.29, 1.82) is 0 Å². The highest BCUT2D eigenvalue weighted by Crippen LogP contribution is 2.21. The van der Waals surface area contributed by atoms with Gasteiger partial charge in [-0.25, -0.2) is 0 Å². The van der Waals surface area contributed by atoms with E-state index in [0.29, 0.717) is 5.41 Å². The molecule has 1 fully saturated rings. The third kappa shape index (κ3) is 6.67. The molecule has 22 heavy (non-hydrogen) atoms. The van der Waals surface area contributed by atoms with Crippen molar-refractivity contribution in [2.75, 3.05) is 33.3 Å². The van der Waals surface area contributed by atoms with Crippen LogP contribution in [-0.2, 0) is 9.53 Å². The average molecular weight is 311 g/mol. The van der Waals surface area contributed by atoms with Gasteiger partial charge in [-0.1, -0.05) is 20.8 Å². The highest BCUT2D eigenvalue weighted by atomic mass is 16.5. The number of guanidine groups is 1. The second-order valence-corrected chi connectivity index (χ2v) is 7.18. The number of rotatable bonds is 5. The quantitative estimate of drug-likeness (QED) is 0.367. The number of ether oxygens (including phenoxy) is 1. The van der Waals surface area contributed by atoms with Gasteiger partial charge in [0.25, 0.3) is 0 Å². The van der Waals surface area contributed by atoms with Gasteiger partial charge in [-0.05, 0) is 38.0 Å². The van der Waals surface area contributed by atoms with Crippen molar-refractivity contribution in [3.63, 3.8) is 0 Å². The van der Waals surface area contributed by atoms with Crippen LogP contribution in [0.3, 0.4) is 0 Å². The fourth-order valence-electron chi connectivity index (χ4n) is 2.71. The summed E-state index contributed by atoms with van der Waals surface area (Å²) in [6.45, 7) is 12.3. The van der Waals surface area contributed by atoms with Crippen molar-refractivity contribution < 1.29 is 9.53 Å². The van der Waals surface area contributed by atoms with Gasteiger partial charge < -0.3 is 15.0 Å². The zero-order valence-electron chi connectivity index (χ0n) is 14.9. The van der Waals surface area contributed by atoms with Crippen LogP contribution in [0.1, 0.15) is 53.4 Å². The fraction of sp³-hybridized carbons (Fsp3) is 0.882. The molecular formula is C17H33N3O2. The lowest BCUT2D eigenvalue weighted by Crippen LogP contribution is -2.46. The predicted octanol–water partition coefficient (Wildman–Crippen LogP) is 2.66. The maximum absolute atomic E-state index is 11.6. The molecule has 0 spiro atoms. The Labute approximate surface area is 135 Å². The highest BCUT2D eigenvalue weighted by molar-refractivity contribution is 5.80. The Morgan fingerprint density at radius 3 is 2.45 bits per heavy atom. The van der Waals surface area contributed by atoms with Gasteiger partial charge in [0.2, 0.25) is 0 Å². The fourth-order valence-corrected chi connectivity index (χ4v) is 2.71. The minimum atomic E-state index is -0.0771. The van der Waals surface area contributed by atoms with E-state index < -0.39 is 0 Å². The Balaban J connectivity index is 2.48. The van der Waals surface area contributed by atoms with E-state index in [4.69, 9.17) is 9.73 Å². The number of piperidine rings is 1. The summed E-state index contributed by atoms with van der Waals surface area (Å²) in [5.74, 6) is 0.955. The first-order chi connectivity index (χ1) is 10.4. The van der Waals surface area contributed by atoms with Crippen LogP contribution in [0.15, 0.2) is 4.99 Å². The smallest absolute Gasteiger partial charge is 0.308 e. The Hall–Kier alpha value is -1.26. The number of carbonyl (C=O) groups excluding carboxylic acids is 1. The predicted molar refractivity (Wildman–Crippen MR) is 91.0 cm³/mol. The second-order valence-electron chi connectivity index (χ2n) is 7.18. The molecule has 0 bridgehead atoms. The summed E-state index contributed by atoms with van der Waals surface area (Å²) in [6, 6.07) is 0. The number of aliphatic imine (C=N–C) groups is 1. The number of carbonyl (C=O) groups is 1. The molecule has 0 aromatic carbocycles. The molecular weight excluding hydrogens is 278 g/mol. The van der Waals surface area contributed by atoms with Gasteiger partial charge in [0.15, 0.2) is 5.96 Å². The Bertz CT molecular complexity index is 367. The lowest BCUT2D eigenvalue weighted by atomic mass is 9.91. The number of nitrogens with one attached hydrogen (secondary N) is 1. The van der Waals surface area contributed by atoms with Crippen LogP contribution in [0.25, 0.3) is 0 Å². The first-order valence-electron chi connectivity index (χ1n) is 8.48. The van der Waals surface area contributed by atoms with E-state index in [2.05, 4.69) is 37.9 Å².